The fourth-order valence-electron chi connectivity index (χ4n) is 2.94. The quantitative estimate of drug-likeness (QED) is 0.653. The summed E-state index contributed by atoms with van der Waals surface area (Å²) in [5.41, 5.74) is -1.08. The topological polar surface area (TPSA) is 15.3 Å². The van der Waals surface area contributed by atoms with Crippen molar-refractivity contribution in [3.05, 3.63) is 34.9 Å². The molecule has 0 spiro atoms. The standard InChI is InChI=1S/C15H20F4N2.ClH/c1-15(2,3)14(21-6-4-20-5-7-21)11-12(18)9(16)8-10(17)13(11)19;/h8,14,20H,4-7H2,1-3H3;1H/t14-;/m0./s1. The first-order valence-corrected chi connectivity index (χ1v) is 7.01. The number of hydrogen-bond donors (Lipinski definition) is 1. The highest BCUT2D eigenvalue weighted by Gasteiger charge is 2.38. The van der Waals surface area contributed by atoms with Crippen LogP contribution in [0.15, 0.2) is 6.07 Å². The van der Waals surface area contributed by atoms with E-state index in [2.05, 4.69) is 5.32 Å². The van der Waals surface area contributed by atoms with Gasteiger partial charge in [-0.05, 0) is 5.41 Å². The predicted octanol–water partition coefficient (Wildman–Crippen LogP) is 3.66. The lowest BCUT2D eigenvalue weighted by atomic mass is 9.80. The van der Waals surface area contributed by atoms with Crippen LogP contribution in [0.5, 0.6) is 0 Å². The van der Waals surface area contributed by atoms with Gasteiger partial charge in [0.15, 0.2) is 23.3 Å². The zero-order chi connectivity index (χ0) is 15.8. The molecule has 0 saturated carbocycles. The smallest absolute Gasteiger partial charge is 0.166 e. The van der Waals surface area contributed by atoms with Crippen LogP contribution in [-0.4, -0.2) is 31.1 Å². The average Bonchev–Trinajstić information content (AvgIpc) is 2.41. The van der Waals surface area contributed by atoms with Crippen molar-refractivity contribution in [2.45, 2.75) is 26.8 Å². The van der Waals surface area contributed by atoms with Gasteiger partial charge in [-0.15, -0.1) is 12.4 Å². The first-order chi connectivity index (χ1) is 9.73. The second-order valence-electron chi connectivity index (χ2n) is 6.44. The summed E-state index contributed by atoms with van der Waals surface area (Å²) in [5.74, 6) is -5.30. The predicted molar refractivity (Wildman–Crippen MR) is 80.2 cm³/mol. The molecule has 22 heavy (non-hydrogen) atoms. The van der Waals surface area contributed by atoms with Crippen molar-refractivity contribution in [1.82, 2.24) is 10.2 Å². The van der Waals surface area contributed by atoms with E-state index in [0.717, 1.165) is 0 Å². The second kappa shape index (κ2) is 7.15. The number of piperazine rings is 1. The number of hydrogen-bond acceptors (Lipinski definition) is 2. The zero-order valence-corrected chi connectivity index (χ0v) is 13.7. The van der Waals surface area contributed by atoms with Gasteiger partial charge in [-0.1, -0.05) is 20.8 Å². The van der Waals surface area contributed by atoms with Gasteiger partial charge >= 0.3 is 0 Å². The molecule has 1 aromatic carbocycles. The fraction of sp³-hybridized carbons (Fsp3) is 0.600. The van der Waals surface area contributed by atoms with E-state index in [-0.39, 0.29) is 18.5 Å². The van der Waals surface area contributed by atoms with Crippen LogP contribution in [-0.2, 0) is 0 Å². The molecule has 0 amide bonds. The third-order valence-electron chi connectivity index (χ3n) is 3.76. The Balaban J connectivity index is 0.00000242. The Morgan fingerprint density at radius 2 is 1.45 bits per heavy atom. The number of nitrogens with one attached hydrogen (secondary N) is 1. The second-order valence-corrected chi connectivity index (χ2v) is 6.44. The van der Waals surface area contributed by atoms with Crippen molar-refractivity contribution in [1.29, 1.82) is 0 Å². The Labute approximate surface area is 134 Å². The number of benzene rings is 1. The molecule has 2 rings (SSSR count). The average molecular weight is 341 g/mol. The van der Waals surface area contributed by atoms with E-state index in [1.165, 1.54) is 0 Å². The van der Waals surface area contributed by atoms with E-state index < -0.39 is 40.3 Å². The molecule has 1 aromatic rings. The third-order valence-corrected chi connectivity index (χ3v) is 3.76. The molecular weight excluding hydrogens is 320 g/mol. The maximum atomic E-state index is 14.2. The highest BCUT2D eigenvalue weighted by molar-refractivity contribution is 5.85. The highest BCUT2D eigenvalue weighted by atomic mass is 35.5. The van der Waals surface area contributed by atoms with Crippen molar-refractivity contribution in [3.8, 4) is 0 Å². The van der Waals surface area contributed by atoms with Crippen LogP contribution in [0.4, 0.5) is 17.6 Å². The van der Waals surface area contributed by atoms with Crippen molar-refractivity contribution >= 4 is 12.4 Å². The minimum atomic E-state index is -1.35. The summed E-state index contributed by atoms with van der Waals surface area (Å²) in [4.78, 5) is 1.87. The van der Waals surface area contributed by atoms with Gasteiger partial charge in [0, 0.05) is 43.9 Å². The molecule has 1 saturated heterocycles. The van der Waals surface area contributed by atoms with Gasteiger partial charge in [0.25, 0.3) is 0 Å². The number of halogens is 5. The van der Waals surface area contributed by atoms with Gasteiger partial charge in [0.2, 0.25) is 0 Å². The van der Waals surface area contributed by atoms with Crippen molar-refractivity contribution in [2.24, 2.45) is 5.41 Å². The van der Waals surface area contributed by atoms with Crippen LogP contribution in [0.25, 0.3) is 0 Å². The summed E-state index contributed by atoms with van der Waals surface area (Å²) in [6.45, 7) is 7.91. The molecule has 1 N–H and O–H groups in total. The van der Waals surface area contributed by atoms with Gasteiger partial charge in [-0.25, -0.2) is 17.6 Å². The van der Waals surface area contributed by atoms with E-state index in [0.29, 0.717) is 26.2 Å². The Kier molecular flexibility index (Phi) is 6.24. The van der Waals surface area contributed by atoms with Crippen LogP contribution < -0.4 is 5.32 Å². The molecule has 126 valence electrons. The molecule has 0 aliphatic carbocycles. The molecule has 0 bridgehead atoms. The lowest BCUT2D eigenvalue weighted by Gasteiger charge is -2.42. The van der Waals surface area contributed by atoms with Crippen molar-refractivity contribution in [2.75, 3.05) is 26.2 Å². The van der Waals surface area contributed by atoms with Crippen LogP contribution in [0.1, 0.15) is 32.4 Å². The Morgan fingerprint density at radius 3 is 1.86 bits per heavy atom. The first kappa shape index (κ1) is 19.2. The Morgan fingerprint density at radius 1 is 1.00 bits per heavy atom. The molecule has 0 unspecified atom stereocenters. The van der Waals surface area contributed by atoms with Gasteiger partial charge in [0.05, 0.1) is 0 Å². The minimum Gasteiger partial charge on any atom is -0.314 e. The molecular formula is C15H21ClF4N2. The maximum absolute atomic E-state index is 14.2. The van der Waals surface area contributed by atoms with Gasteiger partial charge in [-0.3, -0.25) is 4.90 Å². The largest absolute Gasteiger partial charge is 0.314 e. The number of nitrogens with zero attached hydrogens (tertiary/aromatic N) is 1. The molecule has 2 nitrogen and oxygen atoms in total. The molecule has 0 aromatic heterocycles. The van der Waals surface area contributed by atoms with Gasteiger partial charge < -0.3 is 5.32 Å². The Hall–Kier alpha value is -0.850. The zero-order valence-electron chi connectivity index (χ0n) is 12.9. The summed E-state index contributed by atoms with van der Waals surface area (Å²) >= 11 is 0. The summed E-state index contributed by atoms with van der Waals surface area (Å²) < 4.78 is 55.4. The monoisotopic (exact) mass is 340 g/mol. The normalized spacial score (nSPS) is 18.0. The molecule has 1 heterocycles. The molecule has 7 heteroatoms. The molecule has 1 aliphatic heterocycles. The molecule has 0 radical (unpaired) electrons. The number of rotatable bonds is 2. The summed E-state index contributed by atoms with van der Waals surface area (Å²) in [5, 5.41) is 3.15. The molecule has 1 fully saturated rings. The minimum absolute atomic E-state index is 0. The molecule has 1 atom stereocenters. The van der Waals surface area contributed by atoms with Crippen LogP contribution in [0, 0.1) is 28.7 Å². The Bertz CT molecular complexity index is 499. The van der Waals surface area contributed by atoms with Crippen molar-refractivity contribution < 1.29 is 17.6 Å². The summed E-state index contributed by atoms with van der Waals surface area (Å²) in [7, 11) is 0. The lowest BCUT2D eigenvalue weighted by Crippen LogP contribution is -2.48. The van der Waals surface area contributed by atoms with E-state index >= 15 is 0 Å². The van der Waals surface area contributed by atoms with Gasteiger partial charge in [-0.2, -0.15) is 0 Å². The summed E-state index contributed by atoms with van der Waals surface area (Å²) in [6.07, 6.45) is 0. The maximum Gasteiger partial charge on any atom is 0.166 e. The van der Waals surface area contributed by atoms with E-state index in [4.69, 9.17) is 0 Å². The fourth-order valence-corrected chi connectivity index (χ4v) is 2.94. The highest BCUT2D eigenvalue weighted by Crippen LogP contribution is 2.41. The van der Waals surface area contributed by atoms with E-state index in [1.54, 1.807) is 20.8 Å². The SMILES string of the molecule is CC(C)(C)[C@H](c1c(F)c(F)cc(F)c1F)N1CCNCC1.Cl. The van der Waals surface area contributed by atoms with Crippen LogP contribution in [0.2, 0.25) is 0 Å². The lowest BCUT2D eigenvalue weighted by molar-refractivity contribution is 0.0791. The van der Waals surface area contributed by atoms with Crippen molar-refractivity contribution in [3.63, 3.8) is 0 Å². The van der Waals surface area contributed by atoms with Crippen LogP contribution >= 0.6 is 12.4 Å². The first-order valence-electron chi connectivity index (χ1n) is 7.01. The summed E-state index contributed by atoms with van der Waals surface area (Å²) in [6, 6.07) is -0.476. The van der Waals surface area contributed by atoms with E-state index in [1.807, 2.05) is 4.90 Å². The van der Waals surface area contributed by atoms with E-state index in [9.17, 15) is 17.6 Å². The third kappa shape index (κ3) is 3.73. The van der Waals surface area contributed by atoms with Crippen LogP contribution in [0.3, 0.4) is 0 Å². The molecule has 1 aliphatic rings. The van der Waals surface area contributed by atoms with Gasteiger partial charge in [0.1, 0.15) is 0 Å².